The molecule has 0 radical (unpaired) electrons. The van der Waals surface area contributed by atoms with Crippen LogP contribution in [0.25, 0.3) is 22.0 Å². The van der Waals surface area contributed by atoms with Crippen LogP contribution in [0, 0.1) is 5.92 Å². The Kier molecular flexibility index (Phi) is 6.41. The lowest BCUT2D eigenvalue weighted by molar-refractivity contribution is 0.501. The van der Waals surface area contributed by atoms with Gasteiger partial charge in [-0.1, -0.05) is 32.9 Å². The molecule has 0 aliphatic rings. The number of nitrogens with one attached hydrogen (secondary N) is 1. The normalized spacial score (nSPS) is 13.5. The smallest absolute Gasteiger partial charge is 0.278 e. The maximum absolute atomic E-state index is 12.1. The molecule has 3 aromatic rings. The van der Waals surface area contributed by atoms with Crippen LogP contribution in [0.4, 0.5) is 0 Å². The summed E-state index contributed by atoms with van der Waals surface area (Å²) < 4.78 is 30.3. The van der Waals surface area contributed by atoms with Crippen LogP contribution in [-0.2, 0) is 16.8 Å². The Hall–Kier alpha value is -2.22. The van der Waals surface area contributed by atoms with E-state index in [-0.39, 0.29) is 5.92 Å². The predicted molar refractivity (Wildman–Crippen MR) is 119 cm³/mol. The Morgan fingerprint density at radius 1 is 1.07 bits per heavy atom. The van der Waals surface area contributed by atoms with Gasteiger partial charge in [0.25, 0.3) is 10.2 Å². The number of hydrogen-bond donors (Lipinski definition) is 1. The summed E-state index contributed by atoms with van der Waals surface area (Å²) >= 11 is 0. The summed E-state index contributed by atoms with van der Waals surface area (Å²) in [5.74, 6) is 0.554. The first-order valence-corrected chi connectivity index (χ1v) is 11.3. The third-order valence-corrected chi connectivity index (χ3v) is 6.57. The van der Waals surface area contributed by atoms with E-state index in [4.69, 9.17) is 0 Å². The molecule has 0 bridgehead atoms. The molecule has 156 valence electrons. The second-order valence-electron chi connectivity index (χ2n) is 8.14. The molecule has 0 saturated carbocycles. The first-order chi connectivity index (χ1) is 13.7. The van der Waals surface area contributed by atoms with Crippen molar-refractivity contribution in [1.82, 2.24) is 18.6 Å². The highest BCUT2D eigenvalue weighted by molar-refractivity contribution is 7.87. The average Bonchev–Trinajstić information content (AvgIpc) is 3.04. The molecule has 0 aliphatic heterocycles. The second-order valence-corrected chi connectivity index (χ2v) is 10.1. The van der Waals surface area contributed by atoms with Gasteiger partial charge in [0.15, 0.2) is 0 Å². The minimum atomic E-state index is -3.44. The van der Waals surface area contributed by atoms with E-state index in [1.165, 1.54) is 29.3 Å². The first kappa shape index (κ1) is 21.5. The van der Waals surface area contributed by atoms with Crippen molar-refractivity contribution >= 4 is 21.1 Å². The van der Waals surface area contributed by atoms with Crippen LogP contribution < -0.4 is 4.72 Å². The highest BCUT2D eigenvalue weighted by Crippen LogP contribution is 2.32. The Morgan fingerprint density at radius 2 is 1.76 bits per heavy atom. The second kappa shape index (κ2) is 8.65. The highest BCUT2D eigenvalue weighted by atomic mass is 32.2. The summed E-state index contributed by atoms with van der Waals surface area (Å²) in [6.07, 6.45) is 5.78. The van der Waals surface area contributed by atoms with Crippen molar-refractivity contribution in [1.29, 1.82) is 0 Å². The summed E-state index contributed by atoms with van der Waals surface area (Å²) in [7, 11) is -0.379. The monoisotopic (exact) mass is 414 g/mol. The molecule has 0 spiro atoms. The molecule has 7 heteroatoms. The van der Waals surface area contributed by atoms with E-state index in [1.807, 2.05) is 12.1 Å². The molecule has 1 atom stereocenters. The third-order valence-electron chi connectivity index (χ3n) is 5.07. The quantitative estimate of drug-likeness (QED) is 0.609. The van der Waals surface area contributed by atoms with Gasteiger partial charge < -0.3 is 4.57 Å². The van der Waals surface area contributed by atoms with Crippen LogP contribution >= 0.6 is 0 Å². The Balaban J connectivity index is 1.99. The van der Waals surface area contributed by atoms with Crippen LogP contribution in [0.3, 0.4) is 0 Å². The van der Waals surface area contributed by atoms with E-state index in [9.17, 15) is 8.42 Å². The van der Waals surface area contributed by atoms with Gasteiger partial charge in [-0.3, -0.25) is 4.98 Å². The predicted octanol–water partition coefficient (Wildman–Crippen LogP) is 3.86. The molecule has 6 nitrogen and oxygen atoms in total. The molecular weight excluding hydrogens is 384 g/mol. The minimum Gasteiger partial charge on any atom is -0.347 e. The van der Waals surface area contributed by atoms with Crippen molar-refractivity contribution in [3.63, 3.8) is 0 Å². The van der Waals surface area contributed by atoms with Gasteiger partial charge >= 0.3 is 0 Å². The Bertz CT molecular complexity index is 1070. The van der Waals surface area contributed by atoms with Gasteiger partial charge in [0.1, 0.15) is 0 Å². The van der Waals surface area contributed by atoms with Crippen molar-refractivity contribution in [2.24, 2.45) is 5.92 Å². The molecule has 1 unspecified atom stereocenters. The van der Waals surface area contributed by atoms with Crippen LogP contribution in [0.5, 0.6) is 0 Å². The molecule has 29 heavy (non-hydrogen) atoms. The molecule has 0 saturated heterocycles. The van der Waals surface area contributed by atoms with E-state index in [1.54, 1.807) is 12.4 Å². The minimum absolute atomic E-state index is 0.0485. The summed E-state index contributed by atoms with van der Waals surface area (Å²) in [5.41, 5.74) is 4.61. The Labute approximate surface area is 173 Å². The molecule has 0 amide bonds. The van der Waals surface area contributed by atoms with Crippen LogP contribution in [-0.4, -0.2) is 42.9 Å². The summed E-state index contributed by atoms with van der Waals surface area (Å²) in [6, 6.07) is 10.5. The topological polar surface area (TPSA) is 67.2 Å². The number of hydrogen-bond acceptors (Lipinski definition) is 3. The van der Waals surface area contributed by atoms with E-state index in [0.29, 0.717) is 12.5 Å². The molecule has 1 aromatic carbocycles. The Morgan fingerprint density at radius 3 is 2.38 bits per heavy atom. The standard InChI is InChI=1S/C22H30N4O2S/c1-16(2)14-26-15-21(17(3)13-24-29(27,28)25(4)5)20-7-6-19(12-22(20)26)18-8-10-23-11-9-18/h6-12,15-17,24H,13-14H2,1-5H3. The van der Waals surface area contributed by atoms with Gasteiger partial charge in [0.05, 0.1) is 0 Å². The van der Waals surface area contributed by atoms with Gasteiger partial charge in [-0.05, 0) is 46.7 Å². The fourth-order valence-corrected chi connectivity index (χ4v) is 4.17. The summed E-state index contributed by atoms with van der Waals surface area (Å²) in [5, 5.41) is 1.17. The number of benzene rings is 1. The molecular formula is C22H30N4O2S. The van der Waals surface area contributed by atoms with Crippen molar-refractivity contribution in [2.75, 3.05) is 20.6 Å². The molecule has 3 rings (SSSR count). The molecule has 2 aromatic heterocycles. The van der Waals surface area contributed by atoms with Crippen molar-refractivity contribution < 1.29 is 8.42 Å². The van der Waals surface area contributed by atoms with Gasteiger partial charge in [-0.2, -0.15) is 12.7 Å². The number of fused-ring (bicyclic) bond motifs is 1. The third kappa shape index (κ3) is 4.86. The zero-order valence-corrected chi connectivity index (χ0v) is 18.6. The molecule has 1 N–H and O–H groups in total. The van der Waals surface area contributed by atoms with E-state index in [0.717, 1.165) is 23.2 Å². The largest absolute Gasteiger partial charge is 0.347 e. The lowest BCUT2D eigenvalue weighted by Crippen LogP contribution is -2.37. The summed E-state index contributed by atoms with van der Waals surface area (Å²) in [6.45, 7) is 7.73. The SMILES string of the molecule is CC(C)Cn1cc(C(C)CNS(=O)(=O)N(C)C)c2ccc(-c3ccncc3)cc21. The summed E-state index contributed by atoms with van der Waals surface area (Å²) in [4.78, 5) is 4.11. The maximum Gasteiger partial charge on any atom is 0.278 e. The zero-order chi connectivity index (χ0) is 21.2. The number of pyridine rings is 1. The van der Waals surface area contributed by atoms with Crippen molar-refractivity contribution in [3.8, 4) is 11.1 Å². The molecule has 0 fully saturated rings. The van der Waals surface area contributed by atoms with Gasteiger partial charge in [-0.25, -0.2) is 4.72 Å². The first-order valence-electron chi connectivity index (χ1n) is 9.89. The van der Waals surface area contributed by atoms with Gasteiger partial charge in [0, 0.05) is 56.7 Å². The van der Waals surface area contributed by atoms with E-state index < -0.39 is 10.2 Å². The van der Waals surface area contributed by atoms with Crippen LogP contribution in [0.1, 0.15) is 32.3 Å². The highest BCUT2D eigenvalue weighted by Gasteiger charge is 2.19. The van der Waals surface area contributed by atoms with Gasteiger partial charge in [-0.15, -0.1) is 0 Å². The number of aromatic nitrogens is 2. The maximum atomic E-state index is 12.1. The number of rotatable bonds is 8. The number of nitrogens with zero attached hydrogens (tertiary/aromatic N) is 3. The fourth-order valence-electron chi connectivity index (χ4n) is 3.45. The molecule has 2 heterocycles. The average molecular weight is 415 g/mol. The van der Waals surface area contributed by atoms with E-state index >= 15 is 0 Å². The molecule has 0 aliphatic carbocycles. The fraction of sp³-hybridized carbons (Fsp3) is 0.409. The van der Waals surface area contributed by atoms with Crippen LogP contribution in [0.15, 0.2) is 48.9 Å². The van der Waals surface area contributed by atoms with Crippen molar-refractivity contribution in [2.45, 2.75) is 33.2 Å². The lowest BCUT2D eigenvalue weighted by atomic mass is 9.98. The van der Waals surface area contributed by atoms with Crippen molar-refractivity contribution in [3.05, 3.63) is 54.5 Å². The lowest BCUT2D eigenvalue weighted by Gasteiger charge is -2.16. The van der Waals surface area contributed by atoms with Crippen LogP contribution in [0.2, 0.25) is 0 Å². The van der Waals surface area contributed by atoms with E-state index in [2.05, 4.69) is 59.4 Å². The van der Waals surface area contributed by atoms with Gasteiger partial charge in [0.2, 0.25) is 0 Å². The zero-order valence-electron chi connectivity index (χ0n) is 17.8.